The normalized spacial score (nSPS) is 13.8. The van der Waals surface area contributed by atoms with E-state index in [1.807, 2.05) is 0 Å². The van der Waals surface area contributed by atoms with Crippen molar-refractivity contribution < 1.29 is 22.8 Å². The molecule has 1 aromatic heterocycles. The smallest absolute Gasteiger partial charge is 0.338 e. The van der Waals surface area contributed by atoms with Crippen molar-refractivity contribution in [2.24, 2.45) is 0 Å². The molecule has 0 saturated heterocycles. The van der Waals surface area contributed by atoms with E-state index in [1.54, 1.807) is 4.90 Å². The molecule has 1 N–H and O–H groups in total. The number of nitrogens with zero attached hydrogens (tertiary/aromatic N) is 3. The average Bonchev–Trinajstić information content (AvgIpc) is 2.61. The van der Waals surface area contributed by atoms with Gasteiger partial charge < -0.3 is 10.2 Å². The van der Waals surface area contributed by atoms with Gasteiger partial charge in [-0.25, -0.2) is 4.68 Å². The third-order valence-electron chi connectivity index (χ3n) is 4.38. The third kappa shape index (κ3) is 4.38. The second-order valence-electron chi connectivity index (χ2n) is 6.43. The number of aromatic nitrogens is 2. The van der Waals surface area contributed by atoms with E-state index < -0.39 is 23.2 Å². The molecule has 28 heavy (non-hydrogen) atoms. The molecule has 0 bridgehead atoms. The molecule has 2 heterocycles. The third-order valence-corrected chi connectivity index (χ3v) is 4.38. The maximum atomic E-state index is 12.6. The van der Waals surface area contributed by atoms with Crippen LogP contribution in [-0.2, 0) is 35.3 Å². The first-order valence-electron chi connectivity index (χ1n) is 8.46. The summed E-state index contributed by atoms with van der Waals surface area (Å²) in [5.74, 6) is -0.679. The van der Waals surface area contributed by atoms with Gasteiger partial charge in [0, 0.05) is 43.8 Å². The van der Waals surface area contributed by atoms with E-state index in [1.165, 1.54) is 13.0 Å². The topological polar surface area (TPSA) is 84.3 Å². The number of amides is 2. The first-order valence-corrected chi connectivity index (χ1v) is 8.46. The van der Waals surface area contributed by atoms with Crippen LogP contribution < -0.4 is 10.9 Å². The van der Waals surface area contributed by atoms with Gasteiger partial charge in [0.2, 0.25) is 11.8 Å². The van der Waals surface area contributed by atoms with Gasteiger partial charge in [-0.15, -0.1) is 0 Å². The molecular weight excluding hydrogens is 377 g/mol. The summed E-state index contributed by atoms with van der Waals surface area (Å²) in [5, 5.41) is 6.63. The van der Waals surface area contributed by atoms with Crippen LogP contribution in [0.5, 0.6) is 0 Å². The summed E-state index contributed by atoms with van der Waals surface area (Å²) in [5.41, 5.74) is 0.149. The number of anilines is 1. The van der Waals surface area contributed by atoms with Gasteiger partial charge in [0.25, 0.3) is 5.56 Å². The molecule has 0 fully saturated rings. The lowest BCUT2D eigenvalue weighted by molar-refractivity contribution is -0.137. The number of carbonyl (C=O) groups is 2. The molecule has 1 aliphatic heterocycles. The second-order valence-corrected chi connectivity index (χ2v) is 6.43. The van der Waals surface area contributed by atoms with Crippen molar-refractivity contribution in [2.45, 2.75) is 32.6 Å². The molecule has 0 aliphatic carbocycles. The zero-order valence-electron chi connectivity index (χ0n) is 14.9. The van der Waals surface area contributed by atoms with Crippen molar-refractivity contribution in [1.29, 1.82) is 0 Å². The summed E-state index contributed by atoms with van der Waals surface area (Å²) >= 11 is 0. The molecule has 1 aliphatic rings. The lowest BCUT2D eigenvalue weighted by Crippen LogP contribution is -2.38. The number of fused-ring (bicyclic) bond motifs is 1. The van der Waals surface area contributed by atoms with E-state index in [0.717, 1.165) is 28.9 Å². The Morgan fingerprint density at radius 2 is 1.89 bits per heavy atom. The molecular formula is C18H17F3N4O3. The lowest BCUT2D eigenvalue weighted by atomic mass is 10.1. The summed E-state index contributed by atoms with van der Waals surface area (Å²) in [6, 6.07) is 5.35. The molecule has 0 spiro atoms. The van der Waals surface area contributed by atoms with Gasteiger partial charge in [-0.3, -0.25) is 14.4 Å². The molecule has 0 atom stereocenters. The second kappa shape index (κ2) is 7.45. The van der Waals surface area contributed by atoms with Crippen LogP contribution >= 0.6 is 0 Å². The summed E-state index contributed by atoms with van der Waals surface area (Å²) in [6.45, 7) is 1.85. The Kier molecular flexibility index (Phi) is 5.21. The van der Waals surface area contributed by atoms with Crippen molar-refractivity contribution in [2.75, 3.05) is 11.9 Å². The van der Waals surface area contributed by atoms with Gasteiger partial charge in [0.1, 0.15) is 6.54 Å². The minimum absolute atomic E-state index is 0.0919. The van der Waals surface area contributed by atoms with Crippen LogP contribution in [0.15, 0.2) is 35.1 Å². The number of benzene rings is 1. The highest BCUT2D eigenvalue weighted by Gasteiger charge is 2.30. The fraction of sp³-hybridized carbons (Fsp3) is 0.333. The number of nitrogens with one attached hydrogen (secondary N) is 1. The van der Waals surface area contributed by atoms with Gasteiger partial charge in [-0.05, 0) is 24.3 Å². The number of hydrogen-bond acceptors (Lipinski definition) is 4. The van der Waals surface area contributed by atoms with Crippen LogP contribution in [0, 0.1) is 0 Å². The Morgan fingerprint density at radius 3 is 2.50 bits per heavy atom. The Labute approximate surface area is 157 Å². The summed E-state index contributed by atoms with van der Waals surface area (Å²) < 4.78 is 38.7. The Morgan fingerprint density at radius 1 is 1.21 bits per heavy atom. The SMILES string of the molecule is CC(=O)N1CCc2nn(CC(=O)Nc3ccc(C(F)(F)F)cc3)c(=O)cc2C1. The monoisotopic (exact) mass is 394 g/mol. The minimum Gasteiger partial charge on any atom is -0.338 e. The summed E-state index contributed by atoms with van der Waals surface area (Å²) in [7, 11) is 0. The Bertz CT molecular complexity index is 968. The van der Waals surface area contributed by atoms with Crippen molar-refractivity contribution >= 4 is 17.5 Å². The number of alkyl halides is 3. The Hall–Kier alpha value is -3.17. The van der Waals surface area contributed by atoms with Gasteiger partial charge in [-0.1, -0.05) is 0 Å². The molecule has 2 aromatic rings. The zero-order valence-corrected chi connectivity index (χ0v) is 14.9. The van der Waals surface area contributed by atoms with E-state index in [9.17, 15) is 27.6 Å². The van der Waals surface area contributed by atoms with E-state index in [2.05, 4.69) is 10.4 Å². The molecule has 0 unspecified atom stereocenters. The standard InChI is InChI=1S/C18H17F3N4O3/c1-11(26)24-7-6-15-12(9-24)8-17(28)25(23-15)10-16(27)22-14-4-2-13(3-5-14)18(19,20)21/h2-5,8H,6-7,9-10H2,1H3,(H,22,27). The van der Waals surface area contributed by atoms with Crippen LogP contribution in [0.25, 0.3) is 0 Å². The van der Waals surface area contributed by atoms with E-state index >= 15 is 0 Å². The first-order chi connectivity index (χ1) is 13.1. The summed E-state index contributed by atoms with van der Waals surface area (Å²) in [6.07, 6.45) is -3.99. The van der Waals surface area contributed by atoms with Crippen LogP contribution in [0.2, 0.25) is 0 Å². The van der Waals surface area contributed by atoms with Gasteiger partial charge >= 0.3 is 6.18 Å². The predicted molar refractivity (Wildman–Crippen MR) is 93.4 cm³/mol. The van der Waals surface area contributed by atoms with E-state index in [4.69, 9.17) is 0 Å². The predicted octanol–water partition coefficient (Wildman–Crippen LogP) is 1.81. The minimum atomic E-state index is -4.46. The zero-order chi connectivity index (χ0) is 20.5. The quantitative estimate of drug-likeness (QED) is 0.861. The molecule has 1 aromatic carbocycles. The maximum absolute atomic E-state index is 12.6. The Balaban J connectivity index is 1.69. The fourth-order valence-electron chi connectivity index (χ4n) is 2.90. The lowest BCUT2D eigenvalue weighted by Gasteiger charge is -2.27. The summed E-state index contributed by atoms with van der Waals surface area (Å²) in [4.78, 5) is 37.4. The van der Waals surface area contributed by atoms with Crippen molar-refractivity contribution in [3.05, 3.63) is 57.5 Å². The van der Waals surface area contributed by atoms with E-state index in [0.29, 0.717) is 30.8 Å². The van der Waals surface area contributed by atoms with Crippen LogP contribution in [0.3, 0.4) is 0 Å². The first kappa shape index (κ1) is 19.6. The van der Waals surface area contributed by atoms with Crippen molar-refractivity contribution in [1.82, 2.24) is 14.7 Å². The molecule has 2 amide bonds. The van der Waals surface area contributed by atoms with Gasteiger partial charge in [-0.2, -0.15) is 18.3 Å². The average molecular weight is 394 g/mol. The molecule has 7 nitrogen and oxygen atoms in total. The van der Waals surface area contributed by atoms with Crippen LogP contribution in [0.4, 0.5) is 18.9 Å². The van der Waals surface area contributed by atoms with Crippen molar-refractivity contribution in [3.8, 4) is 0 Å². The largest absolute Gasteiger partial charge is 0.416 e. The number of rotatable bonds is 3. The number of halogens is 3. The van der Waals surface area contributed by atoms with Crippen LogP contribution in [-0.4, -0.2) is 33.0 Å². The highest BCUT2D eigenvalue weighted by atomic mass is 19.4. The molecule has 10 heteroatoms. The highest BCUT2D eigenvalue weighted by Crippen LogP contribution is 2.29. The molecule has 0 saturated carbocycles. The van der Waals surface area contributed by atoms with Crippen LogP contribution in [0.1, 0.15) is 23.7 Å². The van der Waals surface area contributed by atoms with E-state index in [-0.39, 0.29) is 18.1 Å². The van der Waals surface area contributed by atoms with Gasteiger partial charge in [0.15, 0.2) is 0 Å². The molecule has 148 valence electrons. The van der Waals surface area contributed by atoms with Crippen molar-refractivity contribution in [3.63, 3.8) is 0 Å². The number of hydrogen-bond donors (Lipinski definition) is 1. The fourth-order valence-corrected chi connectivity index (χ4v) is 2.90. The van der Waals surface area contributed by atoms with Gasteiger partial charge in [0.05, 0.1) is 11.3 Å². The number of carbonyl (C=O) groups excluding carboxylic acids is 2. The molecule has 0 radical (unpaired) electrons. The molecule has 3 rings (SSSR count). The highest BCUT2D eigenvalue weighted by molar-refractivity contribution is 5.90. The maximum Gasteiger partial charge on any atom is 0.416 e.